The van der Waals surface area contributed by atoms with Gasteiger partial charge in [0.2, 0.25) is 0 Å². The first-order chi connectivity index (χ1) is 18.2. The first kappa shape index (κ1) is 24.4. The van der Waals surface area contributed by atoms with E-state index in [1.165, 1.54) is 0 Å². The molecule has 8 nitrogen and oxygen atoms in total. The summed E-state index contributed by atoms with van der Waals surface area (Å²) in [5, 5.41) is 5.36. The molecule has 6 rings (SSSR count). The van der Waals surface area contributed by atoms with Gasteiger partial charge in [0.05, 0.1) is 22.4 Å². The van der Waals surface area contributed by atoms with Crippen LogP contribution in [0.25, 0.3) is 27.9 Å². The highest BCUT2D eigenvalue weighted by molar-refractivity contribution is 6.33. The van der Waals surface area contributed by atoms with E-state index in [1.807, 2.05) is 64.1 Å². The van der Waals surface area contributed by atoms with Gasteiger partial charge < -0.3 is 9.88 Å². The molecule has 0 spiro atoms. The van der Waals surface area contributed by atoms with Gasteiger partial charge in [-0.2, -0.15) is 5.10 Å². The lowest BCUT2D eigenvalue weighted by molar-refractivity contribution is 0.0686. The number of benzene rings is 2. The van der Waals surface area contributed by atoms with Crippen LogP contribution in [0.1, 0.15) is 55.8 Å². The monoisotopic (exact) mass is 528 g/mol. The van der Waals surface area contributed by atoms with E-state index in [4.69, 9.17) is 21.7 Å². The molecule has 2 aromatic carbocycles. The third-order valence-corrected chi connectivity index (χ3v) is 7.63. The summed E-state index contributed by atoms with van der Waals surface area (Å²) in [6, 6.07) is 19.0. The summed E-state index contributed by atoms with van der Waals surface area (Å²) in [5.41, 5.74) is 4.72. The molecule has 3 aromatic heterocycles. The zero-order valence-corrected chi connectivity index (χ0v) is 22.4. The minimum absolute atomic E-state index is 0.0241. The van der Waals surface area contributed by atoms with Crippen molar-refractivity contribution in [2.75, 3.05) is 13.1 Å². The molecule has 0 atom stereocenters. The van der Waals surface area contributed by atoms with Crippen LogP contribution in [0.3, 0.4) is 0 Å². The maximum absolute atomic E-state index is 13.9. The Morgan fingerprint density at radius 3 is 2.47 bits per heavy atom. The number of amides is 1. The molecule has 1 saturated heterocycles. The van der Waals surface area contributed by atoms with E-state index in [0.717, 1.165) is 22.3 Å². The normalized spacial score (nSPS) is 15.0. The molecule has 1 fully saturated rings. The van der Waals surface area contributed by atoms with Gasteiger partial charge in [-0.1, -0.05) is 62.7 Å². The molecule has 0 saturated carbocycles. The Balaban J connectivity index is 1.35. The van der Waals surface area contributed by atoms with Crippen molar-refractivity contribution in [1.29, 1.82) is 0 Å². The quantitative estimate of drug-likeness (QED) is 0.336. The molecule has 194 valence electrons. The van der Waals surface area contributed by atoms with E-state index >= 15 is 0 Å². The second-order valence-electron chi connectivity index (χ2n) is 10.9. The third-order valence-electron chi connectivity index (χ3n) is 7.31. The van der Waals surface area contributed by atoms with Gasteiger partial charge in [-0.15, -0.1) is 0 Å². The molecule has 0 aliphatic carbocycles. The van der Waals surface area contributed by atoms with Crippen molar-refractivity contribution in [3.05, 3.63) is 87.6 Å². The molecule has 1 N–H and O–H groups in total. The average molecular weight is 529 g/mol. The lowest BCUT2D eigenvalue weighted by Gasteiger charge is -2.32. The number of hydrogen-bond donors (Lipinski definition) is 1. The Labute approximate surface area is 224 Å². The number of likely N-dealkylation sites (tertiary alicyclic amines) is 1. The van der Waals surface area contributed by atoms with Crippen LogP contribution in [0.2, 0.25) is 5.02 Å². The van der Waals surface area contributed by atoms with E-state index in [1.54, 1.807) is 10.6 Å². The van der Waals surface area contributed by atoms with Gasteiger partial charge in [0, 0.05) is 41.2 Å². The lowest BCUT2D eigenvalue weighted by atomic mass is 9.93. The Morgan fingerprint density at radius 2 is 1.74 bits per heavy atom. The Kier molecular flexibility index (Phi) is 5.87. The summed E-state index contributed by atoms with van der Waals surface area (Å²) in [6.45, 7) is 7.33. The van der Waals surface area contributed by atoms with Crippen LogP contribution in [-0.4, -0.2) is 48.0 Å². The SMILES string of the molecule is CC(C)(C)c1cc2nc(-c3ccccc3Cl)cc(C(=O)N3CCC(n4c(=O)[nH]c5ccccc54)CC3)n2n1. The van der Waals surface area contributed by atoms with Crippen LogP contribution in [0.4, 0.5) is 0 Å². The molecule has 1 amide bonds. The highest BCUT2D eigenvalue weighted by Gasteiger charge is 2.29. The second kappa shape index (κ2) is 9.13. The van der Waals surface area contributed by atoms with Gasteiger partial charge in [0.1, 0.15) is 5.69 Å². The Hall–Kier alpha value is -3.91. The molecule has 9 heteroatoms. The van der Waals surface area contributed by atoms with Crippen molar-refractivity contribution in [2.24, 2.45) is 0 Å². The summed E-state index contributed by atoms with van der Waals surface area (Å²) >= 11 is 6.50. The van der Waals surface area contributed by atoms with Crippen molar-refractivity contribution >= 4 is 34.2 Å². The number of halogens is 1. The molecule has 0 radical (unpaired) electrons. The van der Waals surface area contributed by atoms with Crippen molar-refractivity contribution in [3.8, 4) is 11.3 Å². The van der Waals surface area contributed by atoms with E-state index in [-0.39, 0.29) is 23.1 Å². The van der Waals surface area contributed by atoms with Crippen molar-refractivity contribution in [2.45, 2.75) is 45.1 Å². The lowest BCUT2D eigenvalue weighted by Crippen LogP contribution is -2.41. The number of imidazole rings is 1. The summed E-state index contributed by atoms with van der Waals surface area (Å²) in [5.74, 6) is -0.112. The number of nitrogens with one attached hydrogen (secondary N) is 1. The summed E-state index contributed by atoms with van der Waals surface area (Å²) in [7, 11) is 0. The van der Waals surface area contributed by atoms with Gasteiger partial charge in [-0.05, 0) is 37.1 Å². The topological polar surface area (TPSA) is 88.3 Å². The summed E-state index contributed by atoms with van der Waals surface area (Å²) in [4.78, 5) is 36.3. The van der Waals surface area contributed by atoms with Crippen LogP contribution in [0.15, 0.2) is 65.5 Å². The van der Waals surface area contributed by atoms with Crippen LogP contribution >= 0.6 is 11.6 Å². The van der Waals surface area contributed by atoms with E-state index in [2.05, 4.69) is 25.8 Å². The molecule has 5 aromatic rings. The maximum Gasteiger partial charge on any atom is 0.326 e. The number of fused-ring (bicyclic) bond motifs is 2. The van der Waals surface area contributed by atoms with Crippen LogP contribution in [0, 0.1) is 0 Å². The molecule has 0 bridgehead atoms. The van der Waals surface area contributed by atoms with Gasteiger partial charge in [-0.25, -0.2) is 14.3 Å². The minimum atomic E-state index is -0.205. The number of carbonyl (C=O) groups is 1. The zero-order valence-electron chi connectivity index (χ0n) is 21.6. The predicted octanol–water partition coefficient (Wildman–Crippen LogP) is 5.47. The van der Waals surface area contributed by atoms with E-state index in [9.17, 15) is 9.59 Å². The highest BCUT2D eigenvalue weighted by atomic mass is 35.5. The minimum Gasteiger partial charge on any atom is -0.337 e. The number of hydrogen-bond acceptors (Lipinski definition) is 4. The molecule has 1 aliphatic heterocycles. The second-order valence-corrected chi connectivity index (χ2v) is 11.3. The third kappa shape index (κ3) is 4.19. The zero-order chi connectivity index (χ0) is 26.6. The molecule has 1 aliphatic rings. The molecule has 38 heavy (non-hydrogen) atoms. The van der Waals surface area contributed by atoms with Crippen molar-refractivity contribution in [3.63, 3.8) is 0 Å². The number of aromatic amines is 1. The summed E-state index contributed by atoms with van der Waals surface area (Å²) < 4.78 is 3.49. The largest absolute Gasteiger partial charge is 0.337 e. The van der Waals surface area contributed by atoms with Crippen LogP contribution in [0.5, 0.6) is 0 Å². The fourth-order valence-electron chi connectivity index (χ4n) is 5.23. The Bertz CT molecular complexity index is 1730. The van der Waals surface area contributed by atoms with Gasteiger partial charge in [0.25, 0.3) is 5.91 Å². The highest BCUT2D eigenvalue weighted by Crippen LogP contribution is 2.31. The number of para-hydroxylation sites is 2. The van der Waals surface area contributed by atoms with Crippen molar-refractivity contribution in [1.82, 2.24) is 29.0 Å². The summed E-state index contributed by atoms with van der Waals surface area (Å²) in [6.07, 6.45) is 1.37. The number of nitrogens with zero attached hydrogens (tertiary/aromatic N) is 5. The number of aromatic nitrogens is 5. The van der Waals surface area contributed by atoms with E-state index in [0.29, 0.717) is 48.0 Å². The number of piperidine rings is 1. The van der Waals surface area contributed by atoms with Gasteiger partial charge in [-0.3, -0.25) is 9.36 Å². The molecule has 0 unspecified atom stereocenters. The average Bonchev–Trinajstić information content (AvgIpc) is 3.49. The first-order valence-electron chi connectivity index (χ1n) is 12.9. The number of carbonyl (C=O) groups excluding carboxylic acids is 1. The Morgan fingerprint density at radius 1 is 1.03 bits per heavy atom. The number of H-pyrrole nitrogens is 1. The smallest absolute Gasteiger partial charge is 0.326 e. The molecular formula is C29H29ClN6O2. The number of rotatable bonds is 3. The maximum atomic E-state index is 13.9. The van der Waals surface area contributed by atoms with Gasteiger partial charge >= 0.3 is 5.69 Å². The van der Waals surface area contributed by atoms with E-state index < -0.39 is 0 Å². The van der Waals surface area contributed by atoms with Crippen LogP contribution in [-0.2, 0) is 5.41 Å². The van der Waals surface area contributed by atoms with Crippen molar-refractivity contribution < 1.29 is 4.79 Å². The molecular weight excluding hydrogens is 500 g/mol. The fraction of sp³-hybridized carbons (Fsp3) is 0.310. The van der Waals surface area contributed by atoms with Crippen LogP contribution < -0.4 is 5.69 Å². The van der Waals surface area contributed by atoms with Gasteiger partial charge in [0.15, 0.2) is 5.65 Å². The first-order valence-corrected chi connectivity index (χ1v) is 13.2. The fourth-order valence-corrected chi connectivity index (χ4v) is 5.46. The standard InChI is InChI=1S/C29H29ClN6O2/c1-29(2,3)25-17-26-31-22(19-8-4-5-9-20(19)30)16-24(36(26)33-25)27(37)34-14-12-18(13-15-34)35-23-11-7-6-10-21(23)32-28(35)38/h4-11,16-18H,12-15H2,1-3H3,(H,32,38). The predicted molar refractivity (Wildman–Crippen MR) is 149 cm³/mol. The molecule has 4 heterocycles.